The quantitative estimate of drug-likeness (QED) is 0.0261. The SMILES string of the molecule is CC(C)S(=O)(=O)Nc1ccc(CCc2ccc(C(=O)O)cc2)cc1.CCCCOc1ccc(S(=O)(=O)Nc2ccc(CCc3ccc(C(=O)O)cc3)cc2)cc1.O=C(O)c1ccc(CCc2ccc(NS(=O)(=O)c3ccc(S(=O)(=O)c4ccccc4)s3)cc2)cc1. The van der Waals surface area contributed by atoms with Crippen molar-refractivity contribution in [3.63, 3.8) is 0 Å². The lowest BCUT2D eigenvalue weighted by atomic mass is 10.0. The molecule has 1 aromatic heterocycles. The molecule has 9 rings (SSSR count). The third kappa shape index (κ3) is 21.0. The van der Waals surface area contributed by atoms with Gasteiger partial charge in [-0.15, -0.1) is 11.3 Å². The van der Waals surface area contributed by atoms with Crippen LogP contribution in [-0.2, 0) is 78.4 Å². The Balaban J connectivity index is 0.000000197. The van der Waals surface area contributed by atoms with Crippen molar-refractivity contribution in [2.24, 2.45) is 0 Å². The van der Waals surface area contributed by atoms with Gasteiger partial charge >= 0.3 is 17.9 Å². The second kappa shape index (κ2) is 32.1. The Labute approximate surface area is 535 Å². The Morgan fingerprint density at radius 1 is 0.407 bits per heavy atom. The highest BCUT2D eigenvalue weighted by atomic mass is 32.3. The Morgan fingerprint density at radius 2 is 0.747 bits per heavy atom. The molecule has 91 heavy (non-hydrogen) atoms. The van der Waals surface area contributed by atoms with Crippen LogP contribution in [0, 0.1) is 0 Å². The number of rotatable bonds is 27. The van der Waals surface area contributed by atoms with Gasteiger partial charge in [0.1, 0.15) is 14.2 Å². The number of anilines is 3. The molecule has 0 aliphatic carbocycles. The number of nitrogens with one attached hydrogen (secondary N) is 3. The number of sulfone groups is 1. The Morgan fingerprint density at radius 3 is 1.10 bits per heavy atom. The summed E-state index contributed by atoms with van der Waals surface area (Å²) in [6, 6.07) is 58.6. The number of carboxylic acid groups (broad SMARTS) is 3. The summed E-state index contributed by atoms with van der Waals surface area (Å²) >= 11 is 0.697. The number of sulfonamides is 3. The van der Waals surface area contributed by atoms with Gasteiger partial charge in [0.15, 0.2) is 0 Å². The van der Waals surface area contributed by atoms with Crippen molar-refractivity contribution < 1.29 is 68.1 Å². The van der Waals surface area contributed by atoms with Crippen molar-refractivity contribution >= 4 is 86.2 Å². The smallest absolute Gasteiger partial charge is 0.335 e. The second-order valence-corrected chi connectivity index (χ2v) is 30.2. The van der Waals surface area contributed by atoms with Crippen molar-refractivity contribution in [3.05, 3.63) is 262 Å². The van der Waals surface area contributed by atoms with E-state index < -0.39 is 63.1 Å². The summed E-state index contributed by atoms with van der Waals surface area (Å²) in [5, 5.41) is 26.3. The maximum atomic E-state index is 12.8. The van der Waals surface area contributed by atoms with Crippen LogP contribution in [0.15, 0.2) is 231 Å². The predicted molar refractivity (Wildman–Crippen MR) is 354 cm³/mol. The van der Waals surface area contributed by atoms with Crippen molar-refractivity contribution in [3.8, 4) is 5.75 Å². The molecule has 9 aromatic rings. The summed E-state index contributed by atoms with van der Waals surface area (Å²) in [7, 11) is -14.8. The zero-order valence-electron chi connectivity index (χ0n) is 49.9. The van der Waals surface area contributed by atoms with Gasteiger partial charge in [-0.05, 0) is 214 Å². The number of benzene rings is 8. The first-order valence-electron chi connectivity index (χ1n) is 28.7. The van der Waals surface area contributed by atoms with Crippen molar-refractivity contribution in [2.75, 3.05) is 20.8 Å². The van der Waals surface area contributed by atoms with Crippen LogP contribution in [0.2, 0.25) is 0 Å². The molecule has 0 amide bonds. The summed E-state index contributed by atoms with van der Waals surface area (Å²) < 4.78 is 113. The number of hydrogen-bond acceptors (Lipinski definition) is 13. The van der Waals surface area contributed by atoms with Gasteiger partial charge in [-0.2, -0.15) is 0 Å². The van der Waals surface area contributed by atoms with Crippen LogP contribution in [0.4, 0.5) is 17.1 Å². The lowest BCUT2D eigenvalue weighted by molar-refractivity contribution is 0.0686. The van der Waals surface area contributed by atoms with Crippen LogP contribution in [0.5, 0.6) is 5.75 Å². The number of aromatic carboxylic acids is 3. The number of carboxylic acids is 3. The molecule has 1 heterocycles. The van der Waals surface area contributed by atoms with E-state index in [9.17, 15) is 48.1 Å². The van der Waals surface area contributed by atoms with E-state index in [4.69, 9.17) is 20.1 Å². The maximum absolute atomic E-state index is 12.8. The van der Waals surface area contributed by atoms with E-state index >= 15 is 0 Å². The molecule has 0 saturated heterocycles. The van der Waals surface area contributed by atoms with Gasteiger partial charge in [0.25, 0.3) is 20.0 Å². The molecular formula is C68H69N3O15S5. The highest BCUT2D eigenvalue weighted by Crippen LogP contribution is 2.32. The monoisotopic (exact) mass is 1330 g/mol. The first-order valence-corrected chi connectivity index (χ1v) is 35.5. The third-order valence-corrected chi connectivity index (χ3v) is 22.4. The van der Waals surface area contributed by atoms with Crippen LogP contribution in [0.25, 0.3) is 0 Å². The van der Waals surface area contributed by atoms with Crippen molar-refractivity contribution in [1.29, 1.82) is 0 Å². The molecule has 0 aliphatic heterocycles. The molecule has 0 bridgehead atoms. The fourth-order valence-electron chi connectivity index (χ4n) is 8.59. The molecule has 0 aliphatic rings. The molecule has 0 radical (unpaired) electrons. The number of hydrogen-bond donors (Lipinski definition) is 6. The highest BCUT2D eigenvalue weighted by Gasteiger charge is 2.25. The topological polar surface area (TPSA) is 294 Å². The molecule has 23 heteroatoms. The number of thiophene rings is 1. The molecule has 8 aromatic carbocycles. The van der Waals surface area contributed by atoms with E-state index in [1.54, 1.807) is 129 Å². The number of unbranched alkanes of at least 4 members (excludes halogenated alkanes) is 1. The minimum atomic E-state index is -3.96. The van der Waals surface area contributed by atoms with E-state index in [1.807, 2.05) is 60.7 Å². The van der Waals surface area contributed by atoms with Crippen LogP contribution in [0.3, 0.4) is 0 Å². The molecule has 0 atom stereocenters. The zero-order valence-corrected chi connectivity index (χ0v) is 54.0. The summed E-state index contributed by atoms with van der Waals surface area (Å²) in [5.41, 5.74) is 8.42. The van der Waals surface area contributed by atoms with Gasteiger partial charge in [0.2, 0.25) is 19.9 Å². The molecule has 6 N–H and O–H groups in total. The molecule has 476 valence electrons. The van der Waals surface area contributed by atoms with Gasteiger partial charge in [0.05, 0.1) is 38.3 Å². The number of carbonyl (C=O) groups is 3. The summed E-state index contributed by atoms with van der Waals surface area (Å²) in [5.74, 6) is -2.18. The second-order valence-electron chi connectivity index (χ2n) is 21.1. The molecule has 0 unspecified atom stereocenters. The predicted octanol–water partition coefficient (Wildman–Crippen LogP) is 13.3. The molecule has 0 fully saturated rings. The minimum Gasteiger partial charge on any atom is -0.494 e. The van der Waals surface area contributed by atoms with Crippen LogP contribution in [0.1, 0.15) is 98.1 Å². The number of ether oxygens (including phenoxy) is 1. The maximum Gasteiger partial charge on any atom is 0.335 e. The zero-order chi connectivity index (χ0) is 65.8. The Kier molecular flexibility index (Phi) is 24.4. The summed E-state index contributed by atoms with van der Waals surface area (Å²) in [4.78, 5) is 33.0. The molecule has 0 spiro atoms. The van der Waals surface area contributed by atoms with Gasteiger partial charge in [-0.3, -0.25) is 14.2 Å². The molecular weight excluding hydrogens is 1260 g/mol. The standard InChI is InChI=1S/C25H21NO6S3.C25H27NO5S.C18H21NO4S/c27-25(28)20-12-8-18(9-13-20)6-7-19-10-14-21(15-11-19)26-35(31,32)24-17-16-23(33-24)34(29,30)22-4-2-1-3-5-22;1-2-3-18-31-23-14-16-24(17-15-23)32(29,30)26-22-12-8-20(9-13-22)5-4-19-6-10-21(11-7-19)25(27)28;1-13(2)24(22,23)19-17-11-7-15(8-12-17)4-3-14-5-9-16(10-6-14)18(20)21/h1-5,8-17,26H,6-7H2,(H,27,28);6-17,26H,2-5,18H2,1H3,(H,27,28);5-13,19H,3-4H2,1-2H3,(H,20,21). The first kappa shape index (κ1) is 69.3. The average molecular weight is 1330 g/mol. The van der Waals surface area contributed by atoms with E-state index in [1.165, 1.54) is 36.4 Å². The van der Waals surface area contributed by atoms with Gasteiger partial charge in [-0.25, -0.2) is 48.1 Å². The largest absolute Gasteiger partial charge is 0.494 e. The van der Waals surface area contributed by atoms with Crippen molar-refractivity contribution in [2.45, 2.75) is 95.6 Å². The van der Waals surface area contributed by atoms with Crippen LogP contribution in [-0.4, -0.2) is 78.8 Å². The first-order chi connectivity index (χ1) is 43.3. The van der Waals surface area contributed by atoms with Gasteiger partial charge < -0.3 is 20.1 Å². The average Bonchev–Trinajstić information content (AvgIpc) is 1.92. The Bertz CT molecular complexity index is 4340. The normalized spacial score (nSPS) is 11.5. The van der Waals surface area contributed by atoms with Gasteiger partial charge in [0, 0.05) is 17.1 Å². The minimum absolute atomic E-state index is 0.0455. The lowest BCUT2D eigenvalue weighted by Gasteiger charge is -2.11. The summed E-state index contributed by atoms with van der Waals surface area (Å²) in [6.07, 6.45) is 6.50. The third-order valence-electron chi connectivity index (χ3n) is 14.0. The summed E-state index contributed by atoms with van der Waals surface area (Å²) in [6.45, 7) is 5.96. The van der Waals surface area contributed by atoms with E-state index in [0.717, 1.165) is 71.9 Å². The highest BCUT2D eigenvalue weighted by molar-refractivity contribution is 7.96. The van der Waals surface area contributed by atoms with Crippen molar-refractivity contribution in [1.82, 2.24) is 0 Å². The number of aryl methyl sites for hydroxylation is 6. The van der Waals surface area contributed by atoms with E-state index in [0.29, 0.717) is 53.6 Å². The fraction of sp³-hybridized carbons (Fsp3) is 0.191. The van der Waals surface area contributed by atoms with Crippen LogP contribution < -0.4 is 18.9 Å². The molecule has 18 nitrogen and oxygen atoms in total. The van der Waals surface area contributed by atoms with E-state index in [-0.39, 0.29) is 34.9 Å². The Hall–Kier alpha value is -9.13. The lowest BCUT2D eigenvalue weighted by Crippen LogP contribution is -2.22. The van der Waals surface area contributed by atoms with Crippen LogP contribution >= 0.6 is 11.3 Å². The molecule has 0 saturated carbocycles. The fourth-order valence-corrected chi connectivity index (χ4v) is 14.6. The van der Waals surface area contributed by atoms with Gasteiger partial charge in [-0.1, -0.05) is 104 Å². The van der Waals surface area contributed by atoms with E-state index in [2.05, 4.69) is 21.1 Å².